The standard InChI is InChI=1S/C26H30N4O3/c31-24(20-10-9-17-5-1-2-6-18(17)13-20)30-22-8-4-3-7-19(22)14-23(30)25(32)28-11-12-29-21(16-28)15-27-26(29)33/h1-2,5-6,9-10,13,19,21-23H,3-4,7-8,11-12,14-16H2,(H,27,33)/t19-,21?,22-,23-/m0/s1. The highest BCUT2D eigenvalue weighted by molar-refractivity contribution is 6.01. The Balaban J connectivity index is 1.29. The Morgan fingerprint density at radius 1 is 0.970 bits per heavy atom. The van der Waals surface area contributed by atoms with Crippen LogP contribution in [0.25, 0.3) is 10.8 Å². The van der Waals surface area contributed by atoms with Gasteiger partial charge in [0.05, 0.1) is 6.04 Å². The molecule has 3 saturated heterocycles. The zero-order valence-corrected chi connectivity index (χ0v) is 18.8. The van der Waals surface area contributed by atoms with Crippen molar-refractivity contribution < 1.29 is 14.4 Å². The topological polar surface area (TPSA) is 73.0 Å². The van der Waals surface area contributed by atoms with Crippen molar-refractivity contribution in [3.05, 3.63) is 48.0 Å². The molecule has 4 fully saturated rings. The largest absolute Gasteiger partial charge is 0.337 e. The molecule has 4 atom stereocenters. The minimum Gasteiger partial charge on any atom is -0.337 e. The van der Waals surface area contributed by atoms with E-state index in [4.69, 9.17) is 0 Å². The summed E-state index contributed by atoms with van der Waals surface area (Å²) < 4.78 is 0. The van der Waals surface area contributed by atoms with E-state index >= 15 is 0 Å². The monoisotopic (exact) mass is 446 g/mol. The van der Waals surface area contributed by atoms with Crippen molar-refractivity contribution in [3.63, 3.8) is 0 Å². The van der Waals surface area contributed by atoms with Gasteiger partial charge in [0.1, 0.15) is 6.04 Å². The lowest BCUT2D eigenvalue weighted by Crippen LogP contribution is -2.58. The molecule has 4 aliphatic rings. The van der Waals surface area contributed by atoms with Gasteiger partial charge in [0.25, 0.3) is 5.91 Å². The molecule has 33 heavy (non-hydrogen) atoms. The minimum absolute atomic E-state index is 0.0233. The lowest BCUT2D eigenvalue weighted by Gasteiger charge is -2.39. The van der Waals surface area contributed by atoms with Crippen LogP contribution in [0.5, 0.6) is 0 Å². The first-order chi connectivity index (χ1) is 16.1. The summed E-state index contributed by atoms with van der Waals surface area (Å²) in [6, 6.07) is 13.6. The molecule has 1 unspecified atom stereocenters. The quantitative estimate of drug-likeness (QED) is 0.771. The fourth-order valence-electron chi connectivity index (χ4n) is 6.46. The molecule has 2 aromatic rings. The van der Waals surface area contributed by atoms with Gasteiger partial charge in [0.2, 0.25) is 5.91 Å². The van der Waals surface area contributed by atoms with Crippen LogP contribution in [0.3, 0.4) is 0 Å². The lowest BCUT2D eigenvalue weighted by molar-refractivity contribution is -0.137. The van der Waals surface area contributed by atoms with Gasteiger partial charge in [-0.3, -0.25) is 9.59 Å². The first-order valence-corrected chi connectivity index (χ1v) is 12.2. The predicted octanol–water partition coefficient (Wildman–Crippen LogP) is 2.85. The van der Waals surface area contributed by atoms with Crippen molar-refractivity contribution in [1.29, 1.82) is 0 Å². The second-order valence-electron chi connectivity index (χ2n) is 9.96. The highest BCUT2D eigenvalue weighted by atomic mass is 16.2. The van der Waals surface area contributed by atoms with Crippen LogP contribution in [0.1, 0.15) is 42.5 Å². The van der Waals surface area contributed by atoms with E-state index in [-0.39, 0.29) is 29.9 Å². The predicted molar refractivity (Wildman–Crippen MR) is 125 cm³/mol. The molecule has 1 N–H and O–H groups in total. The molecular weight excluding hydrogens is 416 g/mol. The third-order valence-electron chi connectivity index (χ3n) is 8.15. The number of carbonyl (C=O) groups is 3. The van der Waals surface area contributed by atoms with Crippen LogP contribution in [-0.2, 0) is 4.79 Å². The van der Waals surface area contributed by atoms with E-state index in [9.17, 15) is 14.4 Å². The smallest absolute Gasteiger partial charge is 0.317 e. The van der Waals surface area contributed by atoms with E-state index in [0.29, 0.717) is 37.7 Å². The van der Waals surface area contributed by atoms with Crippen molar-refractivity contribution in [2.45, 2.75) is 50.2 Å². The first kappa shape index (κ1) is 20.5. The molecule has 172 valence electrons. The molecule has 1 aliphatic carbocycles. The Labute approximate surface area is 193 Å². The van der Waals surface area contributed by atoms with Gasteiger partial charge >= 0.3 is 6.03 Å². The van der Waals surface area contributed by atoms with E-state index in [1.54, 1.807) is 0 Å². The van der Waals surface area contributed by atoms with Crippen molar-refractivity contribution in [3.8, 4) is 0 Å². The SMILES string of the molecule is O=C([C@@H]1C[C@@H]2CCCC[C@@H]2N1C(=O)c1ccc2ccccc2c1)N1CCN2C(=O)NCC2C1. The maximum atomic E-state index is 13.9. The summed E-state index contributed by atoms with van der Waals surface area (Å²) in [6.45, 7) is 2.21. The fourth-order valence-corrected chi connectivity index (χ4v) is 6.46. The highest BCUT2D eigenvalue weighted by Gasteiger charge is 2.49. The van der Waals surface area contributed by atoms with Gasteiger partial charge < -0.3 is 20.0 Å². The summed E-state index contributed by atoms with van der Waals surface area (Å²) in [5.74, 6) is 0.426. The molecule has 6 rings (SSSR count). The molecular formula is C26H30N4O3. The van der Waals surface area contributed by atoms with Gasteiger partial charge in [-0.25, -0.2) is 4.79 Å². The Bertz CT molecular complexity index is 1120. The van der Waals surface area contributed by atoms with Crippen molar-refractivity contribution >= 4 is 28.6 Å². The van der Waals surface area contributed by atoms with Gasteiger partial charge in [-0.05, 0) is 48.1 Å². The number of likely N-dealkylation sites (tertiary alicyclic amines) is 1. The highest BCUT2D eigenvalue weighted by Crippen LogP contribution is 2.41. The first-order valence-electron chi connectivity index (χ1n) is 12.2. The Hall–Kier alpha value is -3.09. The average Bonchev–Trinajstić information content (AvgIpc) is 3.43. The van der Waals surface area contributed by atoms with Gasteiger partial charge in [-0.15, -0.1) is 0 Å². The van der Waals surface area contributed by atoms with Crippen LogP contribution in [0, 0.1) is 5.92 Å². The van der Waals surface area contributed by atoms with E-state index in [1.807, 2.05) is 57.2 Å². The molecule has 1 saturated carbocycles. The summed E-state index contributed by atoms with van der Waals surface area (Å²) in [6.07, 6.45) is 5.10. The van der Waals surface area contributed by atoms with E-state index < -0.39 is 6.04 Å². The number of benzene rings is 2. The summed E-state index contributed by atoms with van der Waals surface area (Å²) in [4.78, 5) is 45.3. The zero-order valence-electron chi connectivity index (χ0n) is 18.8. The molecule has 7 nitrogen and oxygen atoms in total. The fraction of sp³-hybridized carbons (Fsp3) is 0.500. The number of urea groups is 1. The molecule has 0 spiro atoms. The zero-order chi connectivity index (χ0) is 22.5. The Morgan fingerprint density at radius 2 is 1.79 bits per heavy atom. The number of nitrogens with one attached hydrogen (secondary N) is 1. The third kappa shape index (κ3) is 3.45. The molecule has 4 amide bonds. The molecule has 3 aliphatic heterocycles. The van der Waals surface area contributed by atoms with Gasteiger partial charge in [0, 0.05) is 37.8 Å². The number of nitrogens with zero attached hydrogens (tertiary/aromatic N) is 3. The average molecular weight is 447 g/mol. The van der Waals surface area contributed by atoms with Crippen molar-refractivity contribution in [2.24, 2.45) is 5.92 Å². The number of fused-ring (bicyclic) bond motifs is 3. The van der Waals surface area contributed by atoms with E-state index in [2.05, 4.69) is 5.32 Å². The molecule has 2 aromatic carbocycles. The van der Waals surface area contributed by atoms with Gasteiger partial charge in [0.15, 0.2) is 0 Å². The Kier molecular flexibility index (Phi) is 5.00. The van der Waals surface area contributed by atoms with Crippen LogP contribution < -0.4 is 5.32 Å². The number of amides is 4. The summed E-state index contributed by atoms with van der Waals surface area (Å²) in [5.41, 5.74) is 0.660. The second kappa shape index (κ2) is 8.04. The second-order valence-corrected chi connectivity index (χ2v) is 9.96. The summed E-state index contributed by atoms with van der Waals surface area (Å²) >= 11 is 0. The molecule has 3 heterocycles. The van der Waals surface area contributed by atoms with Gasteiger partial charge in [-0.1, -0.05) is 43.2 Å². The molecule has 7 heteroatoms. The van der Waals surface area contributed by atoms with E-state index in [1.165, 1.54) is 6.42 Å². The van der Waals surface area contributed by atoms with Crippen LogP contribution in [0.4, 0.5) is 4.79 Å². The van der Waals surface area contributed by atoms with Crippen LogP contribution >= 0.6 is 0 Å². The maximum Gasteiger partial charge on any atom is 0.317 e. The van der Waals surface area contributed by atoms with Crippen LogP contribution in [-0.4, -0.2) is 76.8 Å². The number of piperazine rings is 1. The lowest BCUT2D eigenvalue weighted by atomic mass is 9.84. The number of hydrogen-bond acceptors (Lipinski definition) is 3. The maximum absolute atomic E-state index is 13.9. The molecule has 0 radical (unpaired) electrons. The number of carbonyl (C=O) groups excluding carboxylic acids is 3. The van der Waals surface area contributed by atoms with Gasteiger partial charge in [-0.2, -0.15) is 0 Å². The Morgan fingerprint density at radius 3 is 2.67 bits per heavy atom. The summed E-state index contributed by atoms with van der Waals surface area (Å²) in [5, 5.41) is 5.03. The number of rotatable bonds is 2. The van der Waals surface area contributed by atoms with Crippen molar-refractivity contribution in [2.75, 3.05) is 26.2 Å². The van der Waals surface area contributed by atoms with Crippen LogP contribution in [0.15, 0.2) is 42.5 Å². The van der Waals surface area contributed by atoms with Crippen LogP contribution in [0.2, 0.25) is 0 Å². The van der Waals surface area contributed by atoms with E-state index in [0.717, 1.165) is 36.5 Å². The number of hydrogen-bond donors (Lipinski definition) is 1. The van der Waals surface area contributed by atoms with Crippen molar-refractivity contribution in [1.82, 2.24) is 20.0 Å². The molecule has 0 aromatic heterocycles. The normalized spacial score (nSPS) is 29.1. The minimum atomic E-state index is -0.409. The molecule has 0 bridgehead atoms. The third-order valence-corrected chi connectivity index (χ3v) is 8.15. The summed E-state index contributed by atoms with van der Waals surface area (Å²) in [7, 11) is 0.